The Hall–Kier alpha value is -3.32. The number of ether oxygens (including phenoxy) is 3. The zero-order valence-corrected chi connectivity index (χ0v) is 16.4. The Morgan fingerprint density at radius 3 is 2.62 bits per heavy atom. The van der Waals surface area contributed by atoms with Crippen LogP contribution in [0.25, 0.3) is 11.3 Å². The molecule has 0 aliphatic carbocycles. The SMILES string of the molecule is COCCCNc1nc(Nc2ccc3c(c2)OCCO3)cc(-c2ccccc2)n1. The van der Waals surface area contributed by atoms with Gasteiger partial charge in [0.2, 0.25) is 5.95 Å². The van der Waals surface area contributed by atoms with Gasteiger partial charge in [-0.1, -0.05) is 30.3 Å². The van der Waals surface area contributed by atoms with E-state index < -0.39 is 0 Å². The molecule has 0 fully saturated rings. The molecular weight excluding hydrogens is 368 g/mol. The lowest BCUT2D eigenvalue weighted by molar-refractivity contribution is 0.171. The second-order valence-corrected chi connectivity index (χ2v) is 6.58. The van der Waals surface area contributed by atoms with E-state index >= 15 is 0 Å². The molecule has 2 aromatic carbocycles. The van der Waals surface area contributed by atoms with Crippen molar-refractivity contribution in [2.45, 2.75) is 6.42 Å². The van der Waals surface area contributed by atoms with E-state index in [-0.39, 0.29) is 0 Å². The van der Waals surface area contributed by atoms with E-state index in [0.29, 0.717) is 31.6 Å². The lowest BCUT2D eigenvalue weighted by Gasteiger charge is -2.19. The summed E-state index contributed by atoms with van der Waals surface area (Å²) in [6.07, 6.45) is 0.875. The van der Waals surface area contributed by atoms with Crippen molar-refractivity contribution in [1.82, 2.24) is 9.97 Å². The summed E-state index contributed by atoms with van der Waals surface area (Å²) < 4.78 is 16.4. The van der Waals surface area contributed by atoms with E-state index in [2.05, 4.69) is 20.6 Å². The predicted octanol–water partition coefficient (Wildman–Crippen LogP) is 4.11. The molecule has 4 rings (SSSR count). The van der Waals surface area contributed by atoms with Crippen LogP contribution in [0.3, 0.4) is 0 Å². The monoisotopic (exact) mass is 392 g/mol. The summed E-state index contributed by atoms with van der Waals surface area (Å²) in [6.45, 7) is 2.55. The van der Waals surface area contributed by atoms with Crippen LogP contribution in [-0.2, 0) is 4.74 Å². The minimum atomic E-state index is 0.553. The molecule has 0 saturated heterocycles. The first kappa shape index (κ1) is 19.0. The van der Waals surface area contributed by atoms with E-state index in [4.69, 9.17) is 14.2 Å². The highest BCUT2D eigenvalue weighted by Crippen LogP contribution is 2.34. The Balaban J connectivity index is 1.59. The summed E-state index contributed by atoms with van der Waals surface area (Å²) in [5.74, 6) is 2.76. The molecule has 1 aliphatic heterocycles. The van der Waals surface area contributed by atoms with Crippen molar-refractivity contribution >= 4 is 17.5 Å². The number of hydrogen-bond donors (Lipinski definition) is 2. The van der Waals surface area contributed by atoms with Crippen LogP contribution in [0.4, 0.5) is 17.5 Å². The van der Waals surface area contributed by atoms with Gasteiger partial charge in [-0.2, -0.15) is 4.98 Å². The number of nitrogens with one attached hydrogen (secondary N) is 2. The first-order valence-corrected chi connectivity index (χ1v) is 9.66. The first-order valence-electron chi connectivity index (χ1n) is 9.66. The minimum Gasteiger partial charge on any atom is -0.486 e. The maximum Gasteiger partial charge on any atom is 0.225 e. The van der Waals surface area contributed by atoms with Crippen LogP contribution in [-0.4, -0.2) is 43.4 Å². The number of aromatic nitrogens is 2. The summed E-state index contributed by atoms with van der Waals surface area (Å²) in [5.41, 5.74) is 2.74. The third kappa shape index (κ3) is 4.94. The van der Waals surface area contributed by atoms with Gasteiger partial charge in [0.05, 0.1) is 5.69 Å². The van der Waals surface area contributed by atoms with Crippen LogP contribution in [0.2, 0.25) is 0 Å². The van der Waals surface area contributed by atoms with Crippen LogP contribution in [0, 0.1) is 0 Å². The summed E-state index contributed by atoms with van der Waals surface area (Å²) in [5, 5.41) is 6.63. The molecule has 0 atom stereocenters. The zero-order chi connectivity index (χ0) is 19.9. The Kier molecular flexibility index (Phi) is 6.07. The van der Waals surface area contributed by atoms with Crippen molar-refractivity contribution < 1.29 is 14.2 Å². The second-order valence-electron chi connectivity index (χ2n) is 6.58. The summed E-state index contributed by atoms with van der Waals surface area (Å²) >= 11 is 0. The minimum absolute atomic E-state index is 0.553. The van der Waals surface area contributed by atoms with Gasteiger partial charge in [0.1, 0.15) is 19.0 Å². The number of rotatable bonds is 8. The smallest absolute Gasteiger partial charge is 0.225 e. The maximum atomic E-state index is 5.67. The van der Waals surface area contributed by atoms with Gasteiger partial charge in [-0.15, -0.1) is 0 Å². The average molecular weight is 392 g/mol. The van der Waals surface area contributed by atoms with Crippen molar-refractivity contribution in [3.63, 3.8) is 0 Å². The topological polar surface area (TPSA) is 77.5 Å². The third-order valence-corrected chi connectivity index (χ3v) is 4.42. The van der Waals surface area contributed by atoms with Gasteiger partial charge < -0.3 is 24.8 Å². The number of fused-ring (bicyclic) bond motifs is 1. The van der Waals surface area contributed by atoms with E-state index in [1.807, 2.05) is 54.6 Å². The van der Waals surface area contributed by atoms with Gasteiger partial charge in [0.25, 0.3) is 0 Å². The fourth-order valence-electron chi connectivity index (χ4n) is 3.03. The highest BCUT2D eigenvalue weighted by atomic mass is 16.6. The summed E-state index contributed by atoms with van der Waals surface area (Å²) in [4.78, 5) is 9.28. The van der Waals surface area contributed by atoms with Crippen molar-refractivity contribution in [3.8, 4) is 22.8 Å². The molecule has 0 spiro atoms. The highest BCUT2D eigenvalue weighted by molar-refractivity contribution is 5.68. The molecule has 3 aromatic rings. The van der Waals surface area contributed by atoms with Crippen LogP contribution in [0.5, 0.6) is 11.5 Å². The normalized spacial score (nSPS) is 12.4. The number of methoxy groups -OCH3 is 1. The van der Waals surface area contributed by atoms with Gasteiger partial charge in [0.15, 0.2) is 11.5 Å². The molecule has 2 N–H and O–H groups in total. The summed E-state index contributed by atoms with van der Waals surface area (Å²) in [7, 11) is 1.70. The molecule has 1 aliphatic rings. The molecule has 0 amide bonds. The van der Waals surface area contributed by atoms with E-state index in [1.165, 1.54) is 0 Å². The Morgan fingerprint density at radius 1 is 0.966 bits per heavy atom. The van der Waals surface area contributed by atoms with E-state index in [1.54, 1.807) is 7.11 Å². The molecule has 2 heterocycles. The van der Waals surface area contributed by atoms with Gasteiger partial charge >= 0.3 is 0 Å². The van der Waals surface area contributed by atoms with E-state index in [0.717, 1.165) is 41.4 Å². The number of anilines is 3. The molecule has 7 heteroatoms. The summed E-state index contributed by atoms with van der Waals surface area (Å²) in [6, 6.07) is 17.8. The molecule has 0 unspecified atom stereocenters. The van der Waals surface area contributed by atoms with E-state index in [9.17, 15) is 0 Å². The third-order valence-electron chi connectivity index (χ3n) is 4.42. The number of benzene rings is 2. The van der Waals surface area contributed by atoms with Crippen LogP contribution in [0.15, 0.2) is 54.6 Å². The molecule has 1 aromatic heterocycles. The lowest BCUT2D eigenvalue weighted by atomic mass is 10.1. The predicted molar refractivity (Wildman–Crippen MR) is 113 cm³/mol. The molecule has 7 nitrogen and oxygen atoms in total. The van der Waals surface area contributed by atoms with Crippen molar-refractivity contribution in [2.75, 3.05) is 44.1 Å². The number of hydrogen-bond acceptors (Lipinski definition) is 7. The second kappa shape index (κ2) is 9.25. The highest BCUT2D eigenvalue weighted by Gasteiger charge is 2.13. The Bertz CT molecular complexity index is 950. The molecule has 150 valence electrons. The molecule has 29 heavy (non-hydrogen) atoms. The average Bonchev–Trinajstić information content (AvgIpc) is 2.77. The standard InChI is InChI=1S/C22H24N4O3/c1-27-11-5-10-23-22-25-18(16-6-3-2-4-7-16)15-21(26-22)24-17-8-9-19-20(14-17)29-13-12-28-19/h2-4,6-9,14-15H,5,10-13H2,1H3,(H2,23,24,25,26). The van der Waals surface area contributed by atoms with Crippen molar-refractivity contribution in [2.24, 2.45) is 0 Å². The molecule has 0 radical (unpaired) electrons. The zero-order valence-electron chi connectivity index (χ0n) is 16.4. The molecule has 0 bridgehead atoms. The lowest BCUT2D eigenvalue weighted by Crippen LogP contribution is -2.15. The first-order chi connectivity index (χ1) is 14.3. The molecule has 0 saturated carbocycles. The van der Waals surface area contributed by atoms with Crippen LogP contribution >= 0.6 is 0 Å². The quantitative estimate of drug-likeness (QED) is 0.559. The number of nitrogens with zero attached hydrogens (tertiary/aromatic N) is 2. The molecular formula is C22H24N4O3. The van der Waals surface area contributed by atoms with Gasteiger partial charge in [-0.05, 0) is 18.6 Å². The van der Waals surface area contributed by atoms with Gasteiger partial charge in [-0.3, -0.25) is 0 Å². The fourth-order valence-corrected chi connectivity index (χ4v) is 3.03. The maximum absolute atomic E-state index is 5.67. The van der Waals surface area contributed by atoms with Crippen LogP contribution < -0.4 is 20.1 Å². The van der Waals surface area contributed by atoms with Crippen LogP contribution in [0.1, 0.15) is 6.42 Å². The Labute approximate surface area is 170 Å². The van der Waals surface area contributed by atoms with Crippen molar-refractivity contribution in [1.29, 1.82) is 0 Å². The largest absolute Gasteiger partial charge is 0.486 e. The fraction of sp³-hybridized carbons (Fsp3) is 0.273. The Morgan fingerprint density at radius 2 is 1.79 bits per heavy atom. The van der Waals surface area contributed by atoms with Gasteiger partial charge in [-0.25, -0.2) is 4.98 Å². The van der Waals surface area contributed by atoms with Gasteiger partial charge in [0, 0.05) is 43.6 Å². The van der Waals surface area contributed by atoms with Crippen molar-refractivity contribution in [3.05, 3.63) is 54.6 Å².